The van der Waals surface area contributed by atoms with E-state index in [0.29, 0.717) is 58.2 Å². The second-order valence-corrected chi connectivity index (χ2v) is 37.9. The first-order valence-electron chi connectivity index (χ1n) is 46.8. The monoisotopic (exact) mass is 1970 g/mol. The third-order valence-electron chi connectivity index (χ3n) is 27.7. The number of carbonyl (C=O) groups is 5. The molecule has 0 aliphatic carbocycles. The van der Waals surface area contributed by atoms with Crippen molar-refractivity contribution in [1.82, 2.24) is 38.5 Å². The van der Waals surface area contributed by atoms with E-state index in [1.807, 2.05) is 70.1 Å². The van der Waals surface area contributed by atoms with E-state index in [4.69, 9.17) is 14.2 Å². The Kier molecular flexibility index (Phi) is 28.0. The van der Waals surface area contributed by atoms with Gasteiger partial charge in [-0.2, -0.15) is 0 Å². The molecule has 6 aromatic carbocycles. The number of esters is 3. The highest BCUT2D eigenvalue weighted by Crippen LogP contribution is 2.53. The number of anilines is 6. The summed E-state index contributed by atoms with van der Waals surface area (Å²) in [5, 5.41) is 31.9. The number of ether oxygens (including phenoxy) is 3. The average molecular weight is 1970 g/mol. The van der Waals surface area contributed by atoms with Gasteiger partial charge in [0.05, 0.1) is 135 Å². The quantitative estimate of drug-likeness (QED) is 0.0330. The molecule has 6 aromatic heterocycles. The Labute approximate surface area is 816 Å². The third-order valence-corrected chi connectivity index (χ3v) is 27.7. The molecule has 6 atom stereocenters. The zero-order valence-corrected chi connectivity index (χ0v) is 81.3. The summed E-state index contributed by atoms with van der Waals surface area (Å²) in [6.45, 7) is 30.1. The number of halogens is 9. The Morgan fingerprint density at radius 1 is 0.385 bits per heavy atom. The van der Waals surface area contributed by atoms with Gasteiger partial charge in [0.2, 0.25) is 11.8 Å². The number of hydrogen-bond donors (Lipinski definition) is 3. The maximum Gasteiger partial charge on any atom is 0.325 e. The van der Waals surface area contributed by atoms with Crippen molar-refractivity contribution in [3.63, 3.8) is 0 Å². The lowest BCUT2D eigenvalue weighted by Crippen LogP contribution is -2.64. The van der Waals surface area contributed by atoms with E-state index in [1.54, 1.807) is 72.3 Å². The highest BCUT2D eigenvalue weighted by atomic mass is 19.2. The van der Waals surface area contributed by atoms with Gasteiger partial charge in [-0.3, -0.25) is 67.0 Å². The fourth-order valence-electron chi connectivity index (χ4n) is 21.1. The number of pyridine rings is 6. The smallest absolute Gasteiger partial charge is 0.325 e. The Hall–Kier alpha value is -15.2. The first-order chi connectivity index (χ1) is 68.0. The van der Waals surface area contributed by atoms with Gasteiger partial charge in [-0.15, -0.1) is 0 Å². The molecule has 28 nitrogen and oxygen atoms in total. The highest BCUT2D eigenvalue weighted by molar-refractivity contribution is 6.08. The molecule has 6 aliphatic rings. The number of phenols is 3. The molecule has 0 bridgehead atoms. The number of methoxy groups -OCH3 is 3. The molecular formula is C106H107F9N14O14. The minimum Gasteiger partial charge on any atom is -0.507 e. The lowest BCUT2D eigenvalue weighted by Gasteiger charge is -2.51. The summed E-state index contributed by atoms with van der Waals surface area (Å²) < 4.78 is 165. The summed E-state index contributed by atoms with van der Waals surface area (Å²) in [5.74, 6) is -15.3. The third kappa shape index (κ3) is 17.5. The van der Waals surface area contributed by atoms with Crippen LogP contribution in [0.3, 0.4) is 0 Å². The molecule has 3 saturated heterocycles. The van der Waals surface area contributed by atoms with Crippen molar-refractivity contribution in [3.8, 4) is 67.7 Å². The summed E-state index contributed by atoms with van der Waals surface area (Å²) in [4.78, 5) is 136. The van der Waals surface area contributed by atoms with E-state index in [1.165, 1.54) is 66.0 Å². The minimum atomic E-state index is -1.27. The molecule has 748 valence electrons. The predicted octanol–water partition coefficient (Wildman–Crippen LogP) is 16.6. The van der Waals surface area contributed by atoms with Gasteiger partial charge in [0.1, 0.15) is 88.8 Å². The van der Waals surface area contributed by atoms with Crippen molar-refractivity contribution < 1.29 is 93.0 Å². The van der Waals surface area contributed by atoms with Gasteiger partial charge in [-0.25, -0.2) is 39.5 Å². The fraction of sp³-hybridized carbons (Fsp3) is 0.349. The van der Waals surface area contributed by atoms with Crippen LogP contribution in [0.2, 0.25) is 0 Å². The number of aromatic nitrogens is 6. The van der Waals surface area contributed by atoms with Gasteiger partial charge >= 0.3 is 17.9 Å². The Bertz CT molecular complexity index is 7120. The lowest BCUT2D eigenvalue weighted by atomic mass is 9.89. The molecule has 3 fully saturated rings. The zero-order chi connectivity index (χ0) is 103. The van der Waals surface area contributed by atoms with E-state index in [2.05, 4.69) is 35.0 Å². The molecule has 2 amide bonds. The molecule has 143 heavy (non-hydrogen) atoms. The number of amides is 2. The maximum absolute atomic E-state index is 17.3. The van der Waals surface area contributed by atoms with Crippen LogP contribution in [-0.4, -0.2) is 207 Å². The summed E-state index contributed by atoms with van der Waals surface area (Å²) in [6, 6.07) is 16.2. The lowest BCUT2D eigenvalue weighted by molar-refractivity contribution is -0.139. The summed E-state index contributed by atoms with van der Waals surface area (Å²) >= 11 is 0. The van der Waals surface area contributed by atoms with Crippen LogP contribution in [0.5, 0.6) is 17.2 Å². The second kappa shape index (κ2) is 39.7. The fourth-order valence-corrected chi connectivity index (χ4v) is 21.1. The van der Waals surface area contributed by atoms with Crippen LogP contribution < -0.4 is 46.1 Å². The largest absolute Gasteiger partial charge is 0.507 e. The molecule has 0 radical (unpaired) electrons. The van der Waals surface area contributed by atoms with Crippen LogP contribution in [0, 0.1) is 79.0 Å². The number of phenolic OH excluding ortho intramolecular Hbond substituents is 3. The predicted molar refractivity (Wildman–Crippen MR) is 527 cm³/mol. The van der Waals surface area contributed by atoms with E-state index < -0.39 is 162 Å². The SMILES string of the molecule is C=CC(=O)N1C[C@@H]2CN(CC(=O)OC)c3c(c4cc(F)c(-c5c(O)cccc5F)c(F)c4n(-c4c(C)ccnc4C(C)C)c3=O)N2C[C@H]1C.C=CC(=O)N1C[C@@H]2CN(CC(=O)OC)c3c(c4cc(F)c(-c5c(O)cccc5F)c(F)c4n(-c4c(C)ccnc4C(C)C)c3=O)N2C[C@H]1C.COC(=O)CN1C[C@H]2CC[C@H](C)CN2c2c1c(=O)n(-c1c(C)ccnc1C(C)C)c1c(F)c(-c3c(O)cccc3F)c(F)cc21. The Balaban J connectivity index is 0.000000154. The van der Waals surface area contributed by atoms with Gasteiger partial charge in [0.25, 0.3) is 16.7 Å². The van der Waals surface area contributed by atoms with Crippen LogP contribution in [0.15, 0.2) is 149 Å². The number of fused-ring (bicyclic) bond motifs is 15. The van der Waals surface area contributed by atoms with Gasteiger partial charge in [-0.1, -0.05) is 79.8 Å². The molecule has 6 aliphatic heterocycles. The van der Waals surface area contributed by atoms with Crippen LogP contribution in [0.25, 0.3) is 83.2 Å². The van der Waals surface area contributed by atoms with Crippen molar-refractivity contribution in [2.75, 3.05) is 123 Å². The number of aryl methyl sites for hydroxylation is 3. The number of rotatable bonds is 17. The summed E-state index contributed by atoms with van der Waals surface area (Å²) in [7, 11) is 3.69. The van der Waals surface area contributed by atoms with Gasteiger partial charge in [0, 0.05) is 105 Å². The molecule has 18 rings (SSSR count). The number of benzene rings is 6. The molecule has 0 saturated carbocycles. The van der Waals surface area contributed by atoms with Crippen molar-refractivity contribution >= 4 is 96.6 Å². The molecule has 0 spiro atoms. The minimum absolute atomic E-state index is 0.00287. The van der Waals surface area contributed by atoms with Crippen molar-refractivity contribution in [2.45, 2.75) is 144 Å². The number of piperidine rings is 1. The summed E-state index contributed by atoms with van der Waals surface area (Å²) in [5.41, 5.74) is -2.94. The van der Waals surface area contributed by atoms with E-state index in [-0.39, 0.29) is 173 Å². The topological polar surface area (TPSA) is 304 Å². The normalized spacial score (nSPS) is 17.5. The molecular weight excluding hydrogens is 1860 g/mol. The number of piperazine rings is 2. The second-order valence-electron chi connectivity index (χ2n) is 37.9. The van der Waals surface area contributed by atoms with Crippen LogP contribution in [0.4, 0.5) is 73.6 Å². The average Bonchev–Trinajstić information content (AvgIpc) is 0.707. The van der Waals surface area contributed by atoms with Crippen molar-refractivity contribution in [1.29, 1.82) is 0 Å². The Morgan fingerprint density at radius 3 is 0.944 bits per heavy atom. The van der Waals surface area contributed by atoms with Gasteiger partial charge < -0.3 is 68.7 Å². The number of aromatic hydroxyl groups is 3. The molecule has 0 unspecified atom stereocenters. The van der Waals surface area contributed by atoms with E-state index in [9.17, 15) is 44.1 Å². The highest BCUT2D eigenvalue weighted by Gasteiger charge is 2.48. The van der Waals surface area contributed by atoms with E-state index >= 15 is 49.1 Å². The Morgan fingerprint density at radius 2 is 0.671 bits per heavy atom. The number of hydrogen-bond acceptors (Lipinski definition) is 23. The standard InChI is InChI=1S/2C36H36F3N5O5.C34H35F3N4O4/c2*1-7-26(46)42-16-21-15-41(17-27(47)49-6)35-34(43(21)14-20(42)5)22-13-24(38)29(28-23(37)9-8-10-25(28)45)30(39)33(22)44(36(35)48)32-19(4)11-12-40-31(32)18(2)3;1-17(2)29-30(19(4)11-12-38-29)41-31-21(13-23(36)27(28(31)37)26-22(35)7-6-8-24(26)42)32-33(34(41)44)39(16-25(43)45-5)15-20-10-9-18(3)14-40(20)32/h2*7-13,18,20-21,45H,1,14-17H2,2-6H3;6-8,11-13,17-18,20,42H,9-10,14-16H2,1-5H3/t2*20-,21+;18-,20+/m110/s1. The van der Waals surface area contributed by atoms with Gasteiger partial charge in [0.15, 0.2) is 17.5 Å². The molecule has 37 heteroatoms. The molecule has 12 heterocycles. The number of carbonyl (C=O) groups excluding carboxylic acids is 5. The molecule has 3 N–H and O–H groups in total. The summed E-state index contributed by atoms with van der Waals surface area (Å²) in [6.07, 6.45) is 8.79. The van der Waals surface area contributed by atoms with Crippen molar-refractivity contribution in [2.24, 2.45) is 5.92 Å². The molecule has 12 aromatic rings. The van der Waals surface area contributed by atoms with Gasteiger partial charge in [-0.05, 0) is 173 Å². The van der Waals surface area contributed by atoms with E-state index in [0.717, 1.165) is 76.6 Å². The maximum atomic E-state index is 17.3. The van der Waals surface area contributed by atoms with Crippen LogP contribution >= 0.6 is 0 Å². The first kappa shape index (κ1) is 101. The zero-order valence-electron chi connectivity index (χ0n) is 81.3. The van der Waals surface area contributed by atoms with Crippen LogP contribution in [-0.2, 0) is 38.2 Å². The number of nitrogens with zero attached hydrogens (tertiary/aromatic N) is 14. The van der Waals surface area contributed by atoms with Crippen LogP contribution in [0.1, 0.15) is 127 Å². The van der Waals surface area contributed by atoms with Crippen molar-refractivity contribution in [3.05, 3.63) is 252 Å². The first-order valence-corrected chi connectivity index (χ1v) is 46.8.